The first kappa shape index (κ1) is 18.3. The fraction of sp³-hybridized carbons (Fsp3) is 0. The Labute approximate surface area is 184 Å². The third-order valence-corrected chi connectivity index (χ3v) is 5.41. The second-order valence-corrected chi connectivity index (χ2v) is 7.48. The zero-order valence-electron chi connectivity index (χ0n) is 17.1. The fourth-order valence-electron chi connectivity index (χ4n) is 3.83. The summed E-state index contributed by atoms with van der Waals surface area (Å²) < 4.78 is 12.0. The van der Waals surface area contributed by atoms with E-state index in [9.17, 15) is 0 Å². The number of hydrogen-bond acceptors (Lipinski definition) is 4. The van der Waals surface area contributed by atoms with E-state index in [0.717, 1.165) is 44.5 Å². The highest BCUT2D eigenvalue weighted by molar-refractivity contribution is 5.85. The average Bonchev–Trinajstić information content (AvgIpc) is 3.47. The molecule has 0 unspecified atom stereocenters. The van der Waals surface area contributed by atoms with E-state index in [0.29, 0.717) is 11.8 Å². The van der Waals surface area contributed by atoms with Crippen molar-refractivity contribution in [2.45, 2.75) is 0 Å². The number of hydrogen-bond donors (Lipinski definition) is 0. The molecular formula is C28H18N2O2. The standard InChI is InChI=1S/C28H18N2O2/c1-3-11-21(27-29-23-13-5-7-15-25(23)31-27)19(9-1)17-18-20-10-2-4-12-22(20)28-30-24-14-6-8-16-26(24)32-28/h1-18H/b18-17-. The van der Waals surface area contributed by atoms with Gasteiger partial charge in [-0.2, -0.15) is 0 Å². The van der Waals surface area contributed by atoms with Gasteiger partial charge in [0, 0.05) is 11.1 Å². The predicted octanol–water partition coefficient (Wildman–Crippen LogP) is 7.47. The minimum absolute atomic E-state index is 0.610. The minimum Gasteiger partial charge on any atom is -0.436 e. The maximum Gasteiger partial charge on any atom is 0.227 e. The van der Waals surface area contributed by atoms with Gasteiger partial charge in [0.1, 0.15) is 11.0 Å². The van der Waals surface area contributed by atoms with Crippen LogP contribution < -0.4 is 0 Å². The fourth-order valence-corrected chi connectivity index (χ4v) is 3.83. The second kappa shape index (κ2) is 7.67. The van der Waals surface area contributed by atoms with Crippen LogP contribution in [-0.4, -0.2) is 9.97 Å². The van der Waals surface area contributed by atoms with Crippen molar-refractivity contribution in [3.05, 3.63) is 108 Å². The summed E-state index contributed by atoms with van der Waals surface area (Å²) in [7, 11) is 0. The monoisotopic (exact) mass is 414 g/mol. The maximum atomic E-state index is 6.00. The van der Waals surface area contributed by atoms with Crippen LogP contribution in [0.15, 0.2) is 106 Å². The van der Waals surface area contributed by atoms with Crippen molar-refractivity contribution in [2.75, 3.05) is 0 Å². The normalized spacial score (nSPS) is 11.6. The van der Waals surface area contributed by atoms with E-state index in [4.69, 9.17) is 8.83 Å². The van der Waals surface area contributed by atoms with Gasteiger partial charge in [0.05, 0.1) is 0 Å². The molecule has 0 fully saturated rings. The Bertz CT molecular complexity index is 1400. The summed E-state index contributed by atoms with van der Waals surface area (Å²) in [6.45, 7) is 0. The molecule has 2 heterocycles. The van der Waals surface area contributed by atoms with Crippen LogP contribution in [0.4, 0.5) is 0 Å². The summed E-state index contributed by atoms with van der Waals surface area (Å²) >= 11 is 0. The molecule has 0 aliphatic heterocycles. The van der Waals surface area contributed by atoms with E-state index in [1.165, 1.54) is 0 Å². The van der Waals surface area contributed by atoms with E-state index in [1.54, 1.807) is 0 Å². The van der Waals surface area contributed by atoms with Crippen molar-refractivity contribution in [1.29, 1.82) is 0 Å². The lowest BCUT2D eigenvalue weighted by atomic mass is 10.0. The van der Waals surface area contributed by atoms with E-state index >= 15 is 0 Å². The molecule has 4 heteroatoms. The third-order valence-electron chi connectivity index (χ3n) is 5.41. The molecule has 4 nitrogen and oxygen atoms in total. The Morgan fingerprint density at radius 3 is 1.34 bits per heavy atom. The molecule has 0 spiro atoms. The first-order chi connectivity index (χ1) is 15.8. The van der Waals surface area contributed by atoms with Gasteiger partial charge in [-0.1, -0.05) is 72.8 Å². The van der Waals surface area contributed by atoms with Crippen LogP contribution in [0.25, 0.3) is 57.3 Å². The molecule has 0 aliphatic rings. The number of oxazole rings is 2. The van der Waals surface area contributed by atoms with Gasteiger partial charge in [0.2, 0.25) is 11.8 Å². The van der Waals surface area contributed by atoms with Gasteiger partial charge < -0.3 is 8.83 Å². The van der Waals surface area contributed by atoms with Gasteiger partial charge in [0.15, 0.2) is 11.2 Å². The number of fused-ring (bicyclic) bond motifs is 2. The number of para-hydroxylation sites is 4. The molecule has 0 bridgehead atoms. The summed E-state index contributed by atoms with van der Waals surface area (Å²) in [5.74, 6) is 1.22. The summed E-state index contributed by atoms with van der Waals surface area (Å²) in [4.78, 5) is 9.32. The lowest BCUT2D eigenvalue weighted by Crippen LogP contribution is -1.85. The molecule has 0 radical (unpaired) electrons. The molecule has 6 rings (SSSR count). The van der Waals surface area contributed by atoms with Crippen LogP contribution >= 0.6 is 0 Å². The van der Waals surface area contributed by atoms with E-state index in [1.807, 2.05) is 84.9 Å². The average molecular weight is 414 g/mol. The molecule has 6 aromatic rings. The molecule has 32 heavy (non-hydrogen) atoms. The van der Waals surface area contributed by atoms with Gasteiger partial charge >= 0.3 is 0 Å². The van der Waals surface area contributed by atoms with Crippen molar-refractivity contribution in [3.8, 4) is 22.9 Å². The van der Waals surface area contributed by atoms with E-state index in [-0.39, 0.29) is 0 Å². The Morgan fingerprint density at radius 2 is 0.875 bits per heavy atom. The van der Waals surface area contributed by atoms with Crippen molar-refractivity contribution in [1.82, 2.24) is 9.97 Å². The Hall–Kier alpha value is -4.44. The van der Waals surface area contributed by atoms with Crippen molar-refractivity contribution in [3.63, 3.8) is 0 Å². The molecule has 0 saturated heterocycles. The molecule has 0 amide bonds. The predicted molar refractivity (Wildman–Crippen MR) is 128 cm³/mol. The highest BCUT2D eigenvalue weighted by Gasteiger charge is 2.12. The van der Waals surface area contributed by atoms with Crippen LogP contribution in [0.2, 0.25) is 0 Å². The highest BCUT2D eigenvalue weighted by atomic mass is 16.4. The zero-order chi connectivity index (χ0) is 21.3. The summed E-state index contributed by atoms with van der Waals surface area (Å²) in [6.07, 6.45) is 4.15. The molecule has 2 aromatic heterocycles. The van der Waals surface area contributed by atoms with E-state index in [2.05, 4.69) is 34.3 Å². The Morgan fingerprint density at radius 1 is 0.469 bits per heavy atom. The first-order valence-electron chi connectivity index (χ1n) is 10.4. The van der Waals surface area contributed by atoms with Gasteiger partial charge in [-0.05, 0) is 47.5 Å². The maximum absolute atomic E-state index is 6.00. The molecule has 152 valence electrons. The van der Waals surface area contributed by atoms with Crippen molar-refractivity contribution < 1.29 is 8.83 Å². The Kier molecular flexibility index (Phi) is 4.40. The minimum atomic E-state index is 0.610. The molecule has 0 N–H and O–H groups in total. The van der Waals surface area contributed by atoms with Gasteiger partial charge in [0.25, 0.3) is 0 Å². The number of aromatic nitrogens is 2. The van der Waals surface area contributed by atoms with Gasteiger partial charge in [-0.3, -0.25) is 0 Å². The number of rotatable bonds is 4. The Balaban J connectivity index is 1.40. The summed E-state index contributed by atoms with van der Waals surface area (Å²) in [5, 5.41) is 0. The molecular weight excluding hydrogens is 396 g/mol. The van der Waals surface area contributed by atoms with Crippen LogP contribution in [0.1, 0.15) is 11.1 Å². The third kappa shape index (κ3) is 3.28. The SMILES string of the molecule is C(=C/c1ccccc1-c1nc2ccccc2o1)/c1ccccc1-c1nc2ccccc2o1. The molecule has 0 saturated carbocycles. The lowest BCUT2D eigenvalue weighted by Gasteiger charge is -2.04. The first-order valence-corrected chi connectivity index (χ1v) is 10.4. The van der Waals surface area contributed by atoms with E-state index < -0.39 is 0 Å². The molecule has 0 aliphatic carbocycles. The largest absolute Gasteiger partial charge is 0.436 e. The highest BCUT2D eigenvalue weighted by Crippen LogP contribution is 2.30. The summed E-state index contributed by atoms with van der Waals surface area (Å²) in [6, 6.07) is 31.8. The topological polar surface area (TPSA) is 52.1 Å². The van der Waals surface area contributed by atoms with Crippen molar-refractivity contribution in [2.24, 2.45) is 0 Å². The van der Waals surface area contributed by atoms with Crippen LogP contribution in [0, 0.1) is 0 Å². The van der Waals surface area contributed by atoms with Crippen LogP contribution in [0.3, 0.4) is 0 Å². The quantitative estimate of drug-likeness (QED) is 0.281. The van der Waals surface area contributed by atoms with Gasteiger partial charge in [-0.15, -0.1) is 0 Å². The molecule has 0 atom stereocenters. The zero-order valence-corrected chi connectivity index (χ0v) is 17.1. The van der Waals surface area contributed by atoms with Crippen LogP contribution in [-0.2, 0) is 0 Å². The number of benzene rings is 4. The smallest absolute Gasteiger partial charge is 0.227 e. The number of nitrogens with zero attached hydrogens (tertiary/aromatic N) is 2. The lowest BCUT2D eigenvalue weighted by molar-refractivity contribution is 0.619. The second-order valence-electron chi connectivity index (χ2n) is 7.48. The van der Waals surface area contributed by atoms with Gasteiger partial charge in [-0.25, -0.2) is 9.97 Å². The van der Waals surface area contributed by atoms with Crippen LogP contribution in [0.5, 0.6) is 0 Å². The summed E-state index contributed by atoms with van der Waals surface area (Å²) in [5.41, 5.74) is 7.19. The van der Waals surface area contributed by atoms with Crippen molar-refractivity contribution >= 4 is 34.4 Å². The molecule has 4 aromatic carbocycles.